The number of Topliss-reactive ketones (excluding diaryl/α,β-unsaturated/α-hetero) is 4. The molecular formula is C57H77N9O10. The second-order valence-corrected chi connectivity index (χ2v) is 20.3. The summed E-state index contributed by atoms with van der Waals surface area (Å²) >= 11 is 0. The number of primary amides is 2. The van der Waals surface area contributed by atoms with E-state index in [-0.39, 0.29) is 62.6 Å². The van der Waals surface area contributed by atoms with E-state index in [1.807, 2.05) is 74.6 Å². The van der Waals surface area contributed by atoms with Gasteiger partial charge in [0.25, 0.3) is 0 Å². The van der Waals surface area contributed by atoms with E-state index in [2.05, 4.69) is 31.2 Å². The van der Waals surface area contributed by atoms with Crippen LogP contribution in [-0.2, 0) is 62.4 Å². The quantitative estimate of drug-likeness (QED) is 0.0185. The number of aliphatic imine (C=N–C) groups is 1. The number of aliphatic hydroxyl groups is 1. The molecule has 0 bridgehead atoms. The van der Waals surface area contributed by atoms with Crippen LogP contribution in [0.1, 0.15) is 95.8 Å². The Kier molecular flexibility index (Phi) is 24.7. The molecule has 0 radical (unpaired) electrons. The van der Waals surface area contributed by atoms with Gasteiger partial charge in [-0.1, -0.05) is 99.6 Å². The molecule has 4 aromatic rings. The molecule has 5 amide bonds. The van der Waals surface area contributed by atoms with Gasteiger partial charge in [-0.3, -0.25) is 48.1 Å². The van der Waals surface area contributed by atoms with Gasteiger partial charge in [-0.25, -0.2) is 0 Å². The summed E-state index contributed by atoms with van der Waals surface area (Å²) in [6.45, 7) is 6.58. The first kappa shape index (κ1) is 61.0. The van der Waals surface area contributed by atoms with Gasteiger partial charge in [0.05, 0.1) is 24.6 Å². The van der Waals surface area contributed by atoms with Gasteiger partial charge in [-0.2, -0.15) is 0 Å². The van der Waals surface area contributed by atoms with E-state index in [9.17, 15) is 48.3 Å². The number of carbonyl (C=O) groups excluding carboxylic acids is 9. The van der Waals surface area contributed by atoms with Crippen LogP contribution in [0.4, 0.5) is 0 Å². The predicted molar refractivity (Wildman–Crippen MR) is 290 cm³/mol. The molecule has 19 heteroatoms. The van der Waals surface area contributed by atoms with E-state index in [1.165, 1.54) is 14.0 Å². The molecular weight excluding hydrogens is 971 g/mol. The lowest BCUT2D eigenvalue weighted by Crippen LogP contribution is -2.51. The summed E-state index contributed by atoms with van der Waals surface area (Å²) in [5.74, 6) is -10.1. The van der Waals surface area contributed by atoms with Crippen LogP contribution >= 0.6 is 0 Å². The van der Waals surface area contributed by atoms with E-state index in [1.54, 1.807) is 37.3 Å². The number of fused-ring (bicyclic) bond motifs is 1. The summed E-state index contributed by atoms with van der Waals surface area (Å²) in [4.78, 5) is 129. The maximum Gasteiger partial charge on any atom is 0.224 e. The van der Waals surface area contributed by atoms with Gasteiger partial charge in [0.2, 0.25) is 29.5 Å². The number of guanidine groups is 1. The minimum absolute atomic E-state index is 0.0311. The van der Waals surface area contributed by atoms with Crippen molar-refractivity contribution in [2.45, 2.75) is 117 Å². The van der Waals surface area contributed by atoms with Gasteiger partial charge < -0.3 is 48.6 Å². The Morgan fingerprint density at radius 1 is 0.618 bits per heavy atom. The largest absolute Gasteiger partial charge is 0.391 e. The molecule has 0 saturated carbocycles. The van der Waals surface area contributed by atoms with E-state index in [0.29, 0.717) is 24.9 Å². The van der Waals surface area contributed by atoms with Gasteiger partial charge >= 0.3 is 0 Å². The summed E-state index contributed by atoms with van der Waals surface area (Å²) in [7, 11) is 1.52. The Morgan fingerprint density at radius 3 is 1.79 bits per heavy atom. The average Bonchev–Trinajstić information content (AvgIpc) is 3.79. The number of nitrogens with one attached hydrogen (secondary N) is 5. The number of ketones is 4. The highest BCUT2D eigenvalue weighted by atomic mass is 16.3. The van der Waals surface area contributed by atoms with Crippen molar-refractivity contribution in [1.82, 2.24) is 26.3 Å². The van der Waals surface area contributed by atoms with Gasteiger partial charge in [0, 0.05) is 86.5 Å². The molecule has 8 atom stereocenters. The summed E-state index contributed by atoms with van der Waals surface area (Å²) in [6.07, 6.45) is -0.115. The molecule has 12 N–H and O–H groups in total. The lowest BCUT2D eigenvalue weighted by Gasteiger charge is -2.26. The van der Waals surface area contributed by atoms with Crippen molar-refractivity contribution in [3.63, 3.8) is 0 Å². The minimum Gasteiger partial charge on any atom is -0.391 e. The molecule has 19 nitrogen and oxygen atoms in total. The Balaban J connectivity index is 1.45. The van der Waals surface area contributed by atoms with Crippen molar-refractivity contribution < 1.29 is 48.3 Å². The van der Waals surface area contributed by atoms with Crippen LogP contribution in [0.2, 0.25) is 0 Å². The van der Waals surface area contributed by atoms with Crippen molar-refractivity contribution in [3.05, 3.63) is 108 Å². The van der Waals surface area contributed by atoms with Crippen molar-refractivity contribution in [2.75, 3.05) is 20.1 Å². The first-order valence-electron chi connectivity index (χ1n) is 26.0. The molecule has 0 aliphatic carbocycles. The first-order valence-corrected chi connectivity index (χ1v) is 26.0. The van der Waals surface area contributed by atoms with Gasteiger partial charge in [0.15, 0.2) is 23.3 Å². The monoisotopic (exact) mass is 1050 g/mol. The van der Waals surface area contributed by atoms with Crippen LogP contribution in [0.25, 0.3) is 10.9 Å². The highest BCUT2D eigenvalue weighted by molar-refractivity contribution is 5.98. The average molecular weight is 1050 g/mol. The zero-order valence-corrected chi connectivity index (χ0v) is 44.3. The third-order valence-electron chi connectivity index (χ3n) is 13.4. The van der Waals surface area contributed by atoms with Gasteiger partial charge in [-0.15, -0.1) is 0 Å². The number of benzene rings is 3. The molecule has 4 rings (SSSR count). The highest BCUT2D eigenvalue weighted by Crippen LogP contribution is 2.25. The second kappa shape index (κ2) is 30.7. The minimum atomic E-state index is -1.55. The van der Waals surface area contributed by atoms with Crippen LogP contribution < -0.4 is 38.5 Å². The normalized spacial score (nSPS) is 14.8. The summed E-state index contributed by atoms with van der Waals surface area (Å²) in [5.41, 5.74) is 20.4. The fourth-order valence-electron chi connectivity index (χ4n) is 9.25. The summed E-state index contributed by atoms with van der Waals surface area (Å²) in [5, 5.41) is 22.7. The number of H-pyrrole nitrogens is 1. The molecule has 1 heterocycles. The second-order valence-electron chi connectivity index (χ2n) is 20.3. The Labute approximate surface area is 444 Å². The van der Waals surface area contributed by atoms with Crippen LogP contribution in [0.5, 0.6) is 0 Å². The molecule has 1 aromatic heterocycles. The number of aliphatic hydroxyl groups excluding tert-OH is 1. The molecule has 1 unspecified atom stereocenters. The number of rotatable bonds is 34. The summed E-state index contributed by atoms with van der Waals surface area (Å²) < 4.78 is 0. The van der Waals surface area contributed by atoms with E-state index in [4.69, 9.17) is 17.2 Å². The fraction of sp³-hybridized carbons (Fsp3) is 0.474. The van der Waals surface area contributed by atoms with Crippen molar-refractivity contribution in [1.29, 1.82) is 0 Å². The molecule has 0 spiro atoms. The lowest BCUT2D eigenvalue weighted by molar-refractivity contribution is -0.137. The third-order valence-corrected chi connectivity index (χ3v) is 13.4. The maximum atomic E-state index is 14.1. The molecule has 76 heavy (non-hydrogen) atoms. The molecule has 0 aliphatic rings. The van der Waals surface area contributed by atoms with Crippen LogP contribution in [-0.4, -0.2) is 107 Å². The number of amides is 5. The maximum absolute atomic E-state index is 14.1. The number of aromatic amines is 1. The topological polar surface area (TPSA) is 328 Å². The van der Waals surface area contributed by atoms with Gasteiger partial charge in [0.1, 0.15) is 11.8 Å². The van der Waals surface area contributed by atoms with Crippen molar-refractivity contribution in [3.8, 4) is 0 Å². The molecule has 3 aromatic carbocycles. The van der Waals surface area contributed by atoms with Crippen LogP contribution in [0.3, 0.4) is 0 Å². The van der Waals surface area contributed by atoms with Crippen molar-refractivity contribution >= 4 is 69.5 Å². The number of aromatic nitrogens is 1. The number of hydrogen-bond acceptors (Lipinski definition) is 11. The standard InChI is InChI=1S/C57H77N9O10/c1-34(2)23-40(55(75)65-47(21-14-22-62-57(60)61-5)49(70)28-39(53(59)73)25-37-15-8-6-9-16-37)27-44(68)33-64-54(74)41(26-38-17-10-7-11-18-38)30-50(71)52(36(4)67)66-56(76)42(31-51(58)72)29-48(69)35(3)24-43-32-63-46-20-13-12-19-45(43)46/h6-13,15-20,32,34-36,39-42,47,52,63,67H,14,21-31,33H2,1-5H3,(H2,58,72)(H2,59,73)(H,64,74)(H,65,75)(H,66,76)(H3,60,61,62)/t35-,36?,39+,40+,41+,42-,47-,52-/m0/s1. The van der Waals surface area contributed by atoms with E-state index >= 15 is 0 Å². The number of hydrogen-bond donors (Lipinski definition) is 9. The predicted octanol–water partition coefficient (Wildman–Crippen LogP) is 3.32. The summed E-state index contributed by atoms with van der Waals surface area (Å²) in [6, 6.07) is 22.9. The van der Waals surface area contributed by atoms with Gasteiger partial charge in [-0.05, 0) is 74.1 Å². The first-order chi connectivity index (χ1) is 36.1. The Morgan fingerprint density at radius 2 is 1.20 bits per heavy atom. The number of carbonyl (C=O) groups is 9. The number of nitrogens with zero attached hydrogens (tertiary/aromatic N) is 1. The fourth-order valence-corrected chi connectivity index (χ4v) is 9.25. The van der Waals surface area contributed by atoms with Crippen LogP contribution in [0.15, 0.2) is 96.1 Å². The SMILES string of the molecule is CN=C(N)NCCC[C@H](NC(=O)[C@@H](CC(=O)CNC(=O)[C@@H](CC(=O)[C@@H](NC(=O)[C@H](CC(N)=O)CC(=O)[C@@H](C)Cc1c[nH]c2ccccc12)C(C)O)Cc1ccccc1)CC(C)C)C(=O)C[C@@H](Cc1ccccc1)C(N)=O. The Bertz CT molecular complexity index is 2630. The highest BCUT2D eigenvalue weighted by Gasteiger charge is 2.35. The van der Waals surface area contributed by atoms with Crippen molar-refractivity contribution in [2.24, 2.45) is 57.7 Å². The molecule has 0 saturated heterocycles. The zero-order chi connectivity index (χ0) is 55.9. The smallest absolute Gasteiger partial charge is 0.224 e. The van der Waals surface area contributed by atoms with E-state index < -0.39 is 114 Å². The molecule has 0 fully saturated rings. The van der Waals surface area contributed by atoms with E-state index in [0.717, 1.165) is 22.0 Å². The zero-order valence-electron chi connectivity index (χ0n) is 44.3. The Hall–Kier alpha value is -7.54. The number of para-hydroxylation sites is 1. The molecule has 0 aliphatic heterocycles. The molecule has 410 valence electrons. The number of nitrogens with two attached hydrogens (primary N) is 3. The third kappa shape index (κ3) is 20.3. The van der Waals surface area contributed by atoms with Crippen LogP contribution in [0, 0.1) is 35.5 Å². The lowest BCUT2D eigenvalue weighted by atomic mass is 9.87.